The van der Waals surface area contributed by atoms with E-state index in [0.717, 1.165) is 0 Å². The van der Waals surface area contributed by atoms with Crippen molar-refractivity contribution in [3.05, 3.63) is 23.9 Å². The molecule has 1 aromatic rings. The highest BCUT2D eigenvalue weighted by Crippen LogP contribution is 2.22. The van der Waals surface area contributed by atoms with Crippen molar-refractivity contribution in [2.45, 2.75) is 0 Å². The van der Waals surface area contributed by atoms with Gasteiger partial charge in [0.2, 0.25) is 0 Å². The molecule has 1 aliphatic heterocycles. The van der Waals surface area contributed by atoms with Gasteiger partial charge in [0.1, 0.15) is 5.82 Å². The van der Waals surface area contributed by atoms with Gasteiger partial charge in [-0.1, -0.05) is 0 Å². The molecule has 0 aromatic carbocycles. The number of rotatable bonds is 3. The van der Waals surface area contributed by atoms with E-state index < -0.39 is 5.97 Å². The monoisotopic (exact) mass is 210 g/mol. The van der Waals surface area contributed by atoms with E-state index in [4.69, 9.17) is 5.11 Å². The summed E-state index contributed by atoms with van der Waals surface area (Å²) in [6.45, 7) is 1.02. The minimum absolute atomic E-state index is 0.103. The molecule has 1 aliphatic rings. The number of hydrogen-bond acceptors (Lipinski definition) is 3. The van der Waals surface area contributed by atoms with Crippen molar-refractivity contribution in [2.24, 2.45) is 5.92 Å². The number of aromatic nitrogens is 1. The number of carboxylic acids is 1. The molecule has 0 saturated carbocycles. The highest BCUT2D eigenvalue weighted by Gasteiger charge is 2.27. The van der Waals surface area contributed by atoms with Crippen molar-refractivity contribution in [1.29, 1.82) is 0 Å². The maximum atomic E-state index is 12.2. The van der Waals surface area contributed by atoms with E-state index >= 15 is 0 Å². The maximum absolute atomic E-state index is 12.2. The minimum Gasteiger partial charge on any atom is -0.478 e. The summed E-state index contributed by atoms with van der Waals surface area (Å²) in [7, 11) is 0. The third-order valence-electron chi connectivity index (χ3n) is 2.49. The zero-order valence-electron chi connectivity index (χ0n) is 8.06. The zero-order valence-corrected chi connectivity index (χ0v) is 8.06. The van der Waals surface area contributed by atoms with Gasteiger partial charge in [0, 0.05) is 25.2 Å². The van der Waals surface area contributed by atoms with Crippen LogP contribution in [0, 0.1) is 5.92 Å². The van der Waals surface area contributed by atoms with E-state index in [2.05, 4.69) is 4.98 Å². The zero-order chi connectivity index (χ0) is 10.8. The molecule has 2 heterocycles. The molecule has 0 amide bonds. The van der Waals surface area contributed by atoms with Crippen LogP contribution in [-0.4, -0.2) is 35.8 Å². The number of aromatic carboxylic acids is 1. The lowest BCUT2D eigenvalue weighted by atomic mass is 10.0. The molecular weight excluding hydrogens is 199 g/mol. The van der Waals surface area contributed by atoms with Crippen LogP contribution in [0.5, 0.6) is 0 Å². The lowest BCUT2D eigenvalue weighted by molar-refractivity contribution is 0.0696. The predicted molar refractivity (Wildman–Crippen MR) is 52.9 cm³/mol. The van der Waals surface area contributed by atoms with Crippen molar-refractivity contribution in [3.63, 3.8) is 0 Å². The van der Waals surface area contributed by atoms with Gasteiger partial charge >= 0.3 is 5.97 Å². The quantitative estimate of drug-likeness (QED) is 0.814. The Kier molecular flexibility index (Phi) is 2.53. The summed E-state index contributed by atoms with van der Waals surface area (Å²) < 4.78 is 12.2. The fourth-order valence-corrected chi connectivity index (χ4v) is 1.55. The molecule has 80 valence electrons. The molecule has 0 unspecified atom stereocenters. The highest BCUT2D eigenvalue weighted by molar-refractivity contribution is 5.87. The third-order valence-corrected chi connectivity index (χ3v) is 2.49. The molecule has 2 rings (SSSR count). The van der Waals surface area contributed by atoms with E-state index in [-0.39, 0.29) is 18.2 Å². The number of pyridine rings is 1. The smallest absolute Gasteiger partial charge is 0.337 e. The van der Waals surface area contributed by atoms with Crippen LogP contribution >= 0.6 is 0 Å². The summed E-state index contributed by atoms with van der Waals surface area (Å²) in [5.74, 6) is -0.171. The Morgan fingerprint density at radius 2 is 2.33 bits per heavy atom. The van der Waals surface area contributed by atoms with Crippen LogP contribution in [0.3, 0.4) is 0 Å². The fraction of sp³-hybridized carbons (Fsp3) is 0.400. The van der Waals surface area contributed by atoms with E-state index in [1.165, 1.54) is 12.3 Å². The summed E-state index contributed by atoms with van der Waals surface area (Å²) in [4.78, 5) is 16.5. The largest absolute Gasteiger partial charge is 0.478 e. The molecule has 15 heavy (non-hydrogen) atoms. The van der Waals surface area contributed by atoms with E-state index in [9.17, 15) is 9.18 Å². The third kappa shape index (κ3) is 1.91. The minimum atomic E-state index is -0.987. The Morgan fingerprint density at radius 1 is 1.60 bits per heavy atom. The number of alkyl halides is 1. The molecule has 4 nitrogen and oxygen atoms in total. The molecule has 0 atom stereocenters. The molecule has 0 aliphatic carbocycles. The van der Waals surface area contributed by atoms with Gasteiger partial charge in [-0.15, -0.1) is 0 Å². The molecule has 0 spiro atoms. The van der Waals surface area contributed by atoms with Crippen LogP contribution in [0.1, 0.15) is 10.4 Å². The van der Waals surface area contributed by atoms with Gasteiger partial charge in [-0.05, 0) is 12.1 Å². The molecule has 1 saturated heterocycles. The van der Waals surface area contributed by atoms with Gasteiger partial charge in [-0.3, -0.25) is 4.39 Å². The summed E-state index contributed by atoms with van der Waals surface area (Å²) in [6.07, 6.45) is 1.32. The summed E-state index contributed by atoms with van der Waals surface area (Å²) >= 11 is 0. The molecule has 5 heteroatoms. The Labute approximate surface area is 86.4 Å². The van der Waals surface area contributed by atoms with Gasteiger partial charge in [-0.2, -0.15) is 0 Å². The van der Waals surface area contributed by atoms with Crippen LogP contribution < -0.4 is 4.90 Å². The predicted octanol–water partition coefficient (Wildman–Crippen LogP) is 1.19. The second-order valence-electron chi connectivity index (χ2n) is 3.64. The van der Waals surface area contributed by atoms with Gasteiger partial charge in [0.25, 0.3) is 0 Å². The van der Waals surface area contributed by atoms with E-state index in [0.29, 0.717) is 18.9 Å². The number of carboxylic acid groups (broad SMARTS) is 1. The van der Waals surface area contributed by atoms with Crippen LogP contribution in [0.2, 0.25) is 0 Å². The van der Waals surface area contributed by atoms with Gasteiger partial charge in [0.05, 0.1) is 12.2 Å². The first-order valence-corrected chi connectivity index (χ1v) is 4.71. The Morgan fingerprint density at radius 3 is 2.80 bits per heavy atom. The number of halogens is 1. The van der Waals surface area contributed by atoms with Crippen LogP contribution in [0.15, 0.2) is 18.3 Å². The van der Waals surface area contributed by atoms with Crippen molar-refractivity contribution < 1.29 is 14.3 Å². The van der Waals surface area contributed by atoms with Crippen LogP contribution in [0.4, 0.5) is 10.2 Å². The average molecular weight is 210 g/mol. The maximum Gasteiger partial charge on any atom is 0.337 e. The van der Waals surface area contributed by atoms with Gasteiger partial charge in [0.15, 0.2) is 0 Å². The molecule has 0 bridgehead atoms. The first kappa shape index (κ1) is 9.89. The Bertz CT molecular complexity index is 360. The second kappa shape index (κ2) is 3.84. The summed E-state index contributed by atoms with van der Waals surface area (Å²) in [5.41, 5.74) is 0.168. The average Bonchev–Trinajstić information content (AvgIpc) is 2.17. The first-order valence-electron chi connectivity index (χ1n) is 4.71. The molecule has 1 N–H and O–H groups in total. The lowest BCUT2D eigenvalue weighted by Gasteiger charge is -2.38. The number of hydrogen-bond donors (Lipinski definition) is 1. The van der Waals surface area contributed by atoms with Crippen molar-refractivity contribution in [2.75, 3.05) is 24.7 Å². The molecule has 0 radical (unpaired) electrons. The fourth-order valence-electron chi connectivity index (χ4n) is 1.55. The van der Waals surface area contributed by atoms with E-state index in [1.807, 2.05) is 4.90 Å². The Balaban J connectivity index is 2.02. The molecule has 1 aromatic heterocycles. The second-order valence-corrected chi connectivity index (χ2v) is 3.64. The topological polar surface area (TPSA) is 53.4 Å². The number of carbonyl (C=O) groups is 1. The summed E-state index contributed by atoms with van der Waals surface area (Å²) in [5, 5.41) is 8.66. The summed E-state index contributed by atoms with van der Waals surface area (Å²) in [6, 6.07) is 3.16. The van der Waals surface area contributed by atoms with E-state index in [1.54, 1.807) is 6.07 Å². The van der Waals surface area contributed by atoms with Gasteiger partial charge < -0.3 is 10.0 Å². The normalized spacial score (nSPS) is 16.2. The van der Waals surface area contributed by atoms with Crippen molar-refractivity contribution in [1.82, 2.24) is 4.98 Å². The molecule has 1 fully saturated rings. The molecular formula is C10H11FN2O2. The highest BCUT2D eigenvalue weighted by atomic mass is 19.1. The van der Waals surface area contributed by atoms with Crippen molar-refractivity contribution >= 4 is 11.8 Å². The first-order chi connectivity index (χ1) is 7.20. The number of anilines is 1. The number of nitrogens with zero attached hydrogens (tertiary/aromatic N) is 2. The van der Waals surface area contributed by atoms with Crippen molar-refractivity contribution in [3.8, 4) is 0 Å². The SMILES string of the molecule is O=C(O)c1ccc(N2CC(CF)C2)nc1. The Hall–Kier alpha value is -1.65. The van der Waals surface area contributed by atoms with Gasteiger partial charge in [-0.25, -0.2) is 9.78 Å². The van der Waals surface area contributed by atoms with Crippen LogP contribution in [0.25, 0.3) is 0 Å². The standard InChI is InChI=1S/C10H11FN2O2/c11-3-7-5-13(6-7)9-2-1-8(4-12-9)10(14)15/h1-2,4,7H,3,5-6H2,(H,14,15). The lowest BCUT2D eigenvalue weighted by Crippen LogP contribution is -2.48. The van der Waals surface area contributed by atoms with Crippen LogP contribution in [-0.2, 0) is 0 Å².